The average molecular weight is 176 g/mol. The molecule has 2 N–H and O–H groups in total. The minimum Gasteiger partial charge on any atom is -0.327 e. The van der Waals surface area contributed by atoms with E-state index in [9.17, 15) is 13.2 Å². The van der Waals surface area contributed by atoms with Crippen molar-refractivity contribution in [1.29, 1.82) is 0 Å². The zero-order valence-electron chi connectivity index (χ0n) is 5.19. The SMILES string of the molecule is Cl.N[C@@H]1CC[C@H]1C(F)(F)F. The molecule has 5 heteroatoms. The van der Waals surface area contributed by atoms with Gasteiger partial charge in [-0.2, -0.15) is 13.2 Å². The normalized spacial score (nSPS) is 32.4. The maximum Gasteiger partial charge on any atom is 0.393 e. The molecule has 62 valence electrons. The van der Waals surface area contributed by atoms with Gasteiger partial charge in [-0.1, -0.05) is 0 Å². The highest BCUT2D eigenvalue weighted by molar-refractivity contribution is 5.85. The summed E-state index contributed by atoms with van der Waals surface area (Å²) in [5, 5.41) is 0. The Labute approximate surface area is 63.2 Å². The molecule has 1 aliphatic rings. The van der Waals surface area contributed by atoms with Crippen molar-refractivity contribution in [3.05, 3.63) is 0 Å². The van der Waals surface area contributed by atoms with Crippen LogP contribution in [-0.4, -0.2) is 12.2 Å². The van der Waals surface area contributed by atoms with E-state index in [0.29, 0.717) is 6.42 Å². The first-order valence-electron chi connectivity index (χ1n) is 2.84. The molecule has 1 rings (SSSR count). The van der Waals surface area contributed by atoms with Crippen LogP contribution in [0.15, 0.2) is 0 Å². The molecular weight excluding hydrogens is 167 g/mol. The fourth-order valence-corrected chi connectivity index (χ4v) is 0.932. The fraction of sp³-hybridized carbons (Fsp3) is 1.00. The van der Waals surface area contributed by atoms with Gasteiger partial charge < -0.3 is 5.73 Å². The van der Waals surface area contributed by atoms with Crippen molar-refractivity contribution in [3.63, 3.8) is 0 Å². The lowest BCUT2D eigenvalue weighted by Crippen LogP contribution is -2.47. The van der Waals surface area contributed by atoms with E-state index >= 15 is 0 Å². The number of hydrogen-bond donors (Lipinski definition) is 1. The maximum absolute atomic E-state index is 11.7. The van der Waals surface area contributed by atoms with E-state index in [4.69, 9.17) is 5.73 Å². The summed E-state index contributed by atoms with van der Waals surface area (Å²) >= 11 is 0. The first kappa shape index (κ1) is 10.0. The molecule has 1 aliphatic carbocycles. The second-order valence-corrected chi connectivity index (χ2v) is 2.39. The summed E-state index contributed by atoms with van der Waals surface area (Å²) in [5.41, 5.74) is 5.09. The third-order valence-electron chi connectivity index (χ3n) is 1.75. The molecule has 0 aliphatic heterocycles. The van der Waals surface area contributed by atoms with Crippen LogP contribution in [0, 0.1) is 5.92 Å². The lowest BCUT2D eigenvalue weighted by atomic mass is 9.80. The van der Waals surface area contributed by atoms with Gasteiger partial charge in [0, 0.05) is 6.04 Å². The number of rotatable bonds is 0. The molecule has 0 unspecified atom stereocenters. The Bertz CT molecular complexity index is 114. The Hall–Kier alpha value is 0.0400. The van der Waals surface area contributed by atoms with Crippen molar-refractivity contribution in [3.8, 4) is 0 Å². The van der Waals surface area contributed by atoms with Crippen molar-refractivity contribution < 1.29 is 13.2 Å². The summed E-state index contributed by atoms with van der Waals surface area (Å²) in [6.07, 6.45) is -3.33. The maximum atomic E-state index is 11.7. The summed E-state index contributed by atoms with van der Waals surface area (Å²) in [5.74, 6) is -1.22. The largest absolute Gasteiger partial charge is 0.393 e. The van der Waals surface area contributed by atoms with Crippen LogP contribution in [-0.2, 0) is 0 Å². The molecule has 1 nitrogen and oxygen atoms in total. The average Bonchev–Trinajstić information content (AvgIpc) is 1.57. The van der Waals surface area contributed by atoms with Crippen LogP contribution in [0.1, 0.15) is 12.8 Å². The molecule has 0 spiro atoms. The highest BCUT2D eigenvalue weighted by atomic mass is 35.5. The second kappa shape index (κ2) is 2.96. The molecule has 0 aromatic rings. The van der Waals surface area contributed by atoms with Gasteiger partial charge in [-0.25, -0.2) is 0 Å². The summed E-state index contributed by atoms with van der Waals surface area (Å²) in [6.45, 7) is 0. The Morgan fingerprint density at radius 1 is 1.20 bits per heavy atom. The predicted molar refractivity (Wildman–Crippen MR) is 34.0 cm³/mol. The quantitative estimate of drug-likeness (QED) is 0.596. The molecule has 1 saturated carbocycles. The van der Waals surface area contributed by atoms with Crippen molar-refractivity contribution in [1.82, 2.24) is 0 Å². The number of nitrogens with two attached hydrogens (primary N) is 1. The van der Waals surface area contributed by atoms with E-state index in [2.05, 4.69) is 0 Å². The molecular formula is C5H9ClF3N. The van der Waals surface area contributed by atoms with E-state index in [1.807, 2.05) is 0 Å². The minimum absolute atomic E-state index is 0. The topological polar surface area (TPSA) is 26.0 Å². The van der Waals surface area contributed by atoms with Crippen molar-refractivity contribution in [2.24, 2.45) is 11.7 Å². The van der Waals surface area contributed by atoms with Gasteiger partial charge in [0.2, 0.25) is 0 Å². The van der Waals surface area contributed by atoms with Crippen molar-refractivity contribution in [2.45, 2.75) is 25.1 Å². The lowest BCUT2D eigenvalue weighted by Gasteiger charge is -2.34. The van der Waals surface area contributed by atoms with Crippen LogP contribution in [0.5, 0.6) is 0 Å². The molecule has 2 atom stereocenters. The second-order valence-electron chi connectivity index (χ2n) is 2.39. The summed E-state index contributed by atoms with van der Waals surface area (Å²) < 4.78 is 35.0. The Kier molecular flexibility index (Phi) is 2.98. The van der Waals surface area contributed by atoms with Gasteiger partial charge in [0.1, 0.15) is 0 Å². The molecule has 0 heterocycles. The lowest BCUT2D eigenvalue weighted by molar-refractivity contribution is -0.199. The molecule has 0 bridgehead atoms. The van der Waals surface area contributed by atoms with Gasteiger partial charge in [-0.15, -0.1) is 12.4 Å². The zero-order chi connectivity index (χ0) is 7.07. The fourth-order valence-electron chi connectivity index (χ4n) is 0.932. The summed E-state index contributed by atoms with van der Waals surface area (Å²) in [4.78, 5) is 0. The Morgan fingerprint density at radius 2 is 1.70 bits per heavy atom. The van der Waals surface area contributed by atoms with Crippen LogP contribution in [0.3, 0.4) is 0 Å². The third kappa shape index (κ3) is 1.76. The number of hydrogen-bond acceptors (Lipinski definition) is 1. The standard InChI is InChI=1S/C5H8F3N.ClH/c6-5(7,8)3-1-2-4(3)9;/h3-4H,1-2,9H2;1H/t3-,4-;/m1./s1. The molecule has 0 aromatic carbocycles. The van der Waals surface area contributed by atoms with E-state index in [1.165, 1.54) is 0 Å². The smallest absolute Gasteiger partial charge is 0.327 e. The predicted octanol–water partition coefficient (Wildman–Crippen LogP) is 1.71. The van der Waals surface area contributed by atoms with Gasteiger partial charge in [-0.05, 0) is 12.8 Å². The first-order valence-corrected chi connectivity index (χ1v) is 2.84. The summed E-state index contributed by atoms with van der Waals surface area (Å²) in [6, 6.07) is -0.634. The Balaban J connectivity index is 0.000000810. The van der Waals surface area contributed by atoms with E-state index in [1.54, 1.807) is 0 Å². The molecule has 1 fully saturated rings. The van der Waals surface area contributed by atoms with E-state index in [-0.39, 0.29) is 18.8 Å². The van der Waals surface area contributed by atoms with Gasteiger partial charge in [-0.3, -0.25) is 0 Å². The highest BCUT2D eigenvalue weighted by Crippen LogP contribution is 2.39. The van der Waals surface area contributed by atoms with Gasteiger partial charge >= 0.3 is 6.18 Å². The minimum atomic E-state index is -4.06. The summed E-state index contributed by atoms with van der Waals surface area (Å²) in [7, 11) is 0. The van der Waals surface area contributed by atoms with Crippen LogP contribution < -0.4 is 5.73 Å². The zero-order valence-corrected chi connectivity index (χ0v) is 6.00. The van der Waals surface area contributed by atoms with Crippen LogP contribution >= 0.6 is 12.4 Å². The monoisotopic (exact) mass is 175 g/mol. The van der Waals surface area contributed by atoms with Crippen molar-refractivity contribution in [2.75, 3.05) is 0 Å². The van der Waals surface area contributed by atoms with Crippen LogP contribution in [0.4, 0.5) is 13.2 Å². The molecule has 0 saturated heterocycles. The molecule has 0 amide bonds. The van der Waals surface area contributed by atoms with Gasteiger partial charge in [0.15, 0.2) is 0 Å². The van der Waals surface area contributed by atoms with Crippen LogP contribution in [0.25, 0.3) is 0 Å². The molecule has 0 aromatic heterocycles. The first-order chi connectivity index (χ1) is 4.02. The molecule has 0 radical (unpaired) electrons. The van der Waals surface area contributed by atoms with Crippen molar-refractivity contribution >= 4 is 12.4 Å². The molecule has 10 heavy (non-hydrogen) atoms. The van der Waals surface area contributed by atoms with E-state index in [0.717, 1.165) is 0 Å². The van der Waals surface area contributed by atoms with Gasteiger partial charge in [0.05, 0.1) is 5.92 Å². The number of halogens is 4. The third-order valence-corrected chi connectivity index (χ3v) is 1.75. The Morgan fingerprint density at radius 3 is 1.70 bits per heavy atom. The highest BCUT2D eigenvalue weighted by Gasteiger charge is 2.48. The van der Waals surface area contributed by atoms with Gasteiger partial charge in [0.25, 0.3) is 0 Å². The van der Waals surface area contributed by atoms with E-state index < -0.39 is 18.1 Å². The van der Waals surface area contributed by atoms with Crippen LogP contribution in [0.2, 0.25) is 0 Å². The number of alkyl halides is 3.